The highest BCUT2D eigenvalue weighted by molar-refractivity contribution is 5.87. The number of fused-ring (bicyclic) bond motifs is 5. The number of methoxy groups -OCH3 is 1. The maximum atomic E-state index is 14.3. The maximum Gasteiger partial charge on any atom is 0.450 e. The van der Waals surface area contributed by atoms with E-state index in [-0.39, 0.29) is 57.5 Å². The van der Waals surface area contributed by atoms with E-state index in [0.717, 1.165) is 12.1 Å². The Bertz CT molecular complexity index is 1710. The molecule has 1 saturated heterocycles. The van der Waals surface area contributed by atoms with Gasteiger partial charge in [0, 0.05) is 49.4 Å². The summed E-state index contributed by atoms with van der Waals surface area (Å²) in [6.07, 6.45) is -4.08. The van der Waals surface area contributed by atoms with Gasteiger partial charge in [0.2, 0.25) is 11.2 Å². The SMILES string of the molecule is COc1ccccc1-c1c(C(F)(F)F)oc2c(CN3CC4CC(C3)c3cccc(=O)n3C4)c(O)ccc2c1=O. The van der Waals surface area contributed by atoms with Gasteiger partial charge in [0.25, 0.3) is 5.56 Å². The smallest absolute Gasteiger partial charge is 0.450 e. The van der Waals surface area contributed by atoms with Crippen LogP contribution in [0.4, 0.5) is 13.2 Å². The van der Waals surface area contributed by atoms with Crippen molar-refractivity contribution in [1.29, 1.82) is 0 Å². The van der Waals surface area contributed by atoms with Gasteiger partial charge in [-0.25, -0.2) is 0 Å². The Balaban J connectivity index is 1.46. The molecule has 2 aliphatic heterocycles. The summed E-state index contributed by atoms with van der Waals surface area (Å²) in [5, 5.41) is 10.7. The number of para-hydroxylation sites is 1. The number of aromatic hydroxyl groups is 1. The second kappa shape index (κ2) is 9.30. The Morgan fingerprint density at radius 2 is 1.82 bits per heavy atom. The second-order valence-electron chi connectivity index (χ2n) is 10.2. The lowest BCUT2D eigenvalue weighted by Crippen LogP contribution is -2.46. The van der Waals surface area contributed by atoms with Crippen LogP contribution in [-0.2, 0) is 19.3 Å². The summed E-state index contributed by atoms with van der Waals surface area (Å²) in [5.74, 6) is -1.36. The molecule has 2 aromatic carbocycles. The summed E-state index contributed by atoms with van der Waals surface area (Å²) in [4.78, 5) is 28.0. The average Bonchev–Trinajstić information content (AvgIpc) is 2.90. The van der Waals surface area contributed by atoms with E-state index in [1.165, 1.54) is 43.5 Å². The van der Waals surface area contributed by atoms with Crippen molar-refractivity contribution < 1.29 is 27.4 Å². The van der Waals surface area contributed by atoms with Crippen LogP contribution in [0.5, 0.6) is 11.5 Å². The summed E-state index contributed by atoms with van der Waals surface area (Å²) < 4.78 is 55.5. The zero-order valence-corrected chi connectivity index (χ0v) is 21.0. The number of alkyl halides is 3. The lowest BCUT2D eigenvalue weighted by Gasteiger charge is -2.42. The fraction of sp³-hybridized carbons (Fsp3) is 0.310. The molecule has 2 bridgehead atoms. The zero-order chi connectivity index (χ0) is 27.5. The van der Waals surface area contributed by atoms with Gasteiger partial charge in [0.05, 0.1) is 23.6 Å². The number of benzene rings is 2. The van der Waals surface area contributed by atoms with Gasteiger partial charge in [-0.3, -0.25) is 14.5 Å². The van der Waals surface area contributed by atoms with Crippen molar-refractivity contribution in [2.45, 2.75) is 31.6 Å². The summed E-state index contributed by atoms with van der Waals surface area (Å²) in [5.41, 5.74) is -0.829. The number of aromatic nitrogens is 1. The fourth-order valence-electron chi connectivity index (χ4n) is 6.10. The van der Waals surface area contributed by atoms with E-state index >= 15 is 0 Å². The third kappa shape index (κ3) is 4.28. The fourth-order valence-corrected chi connectivity index (χ4v) is 6.10. The van der Waals surface area contributed by atoms with Crippen LogP contribution in [0.1, 0.15) is 29.4 Å². The van der Waals surface area contributed by atoms with E-state index in [9.17, 15) is 27.9 Å². The van der Waals surface area contributed by atoms with E-state index in [2.05, 4.69) is 0 Å². The van der Waals surface area contributed by atoms with Gasteiger partial charge in [0.15, 0.2) is 0 Å². The Morgan fingerprint density at radius 1 is 1.03 bits per heavy atom. The minimum absolute atomic E-state index is 0.0321. The molecular weight excluding hydrogens is 513 g/mol. The number of ether oxygens (including phenoxy) is 1. The summed E-state index contributed by atoms with van der Waals surface area (Å²) >= 11 is 0. The van der Waals surface area contributed by atoms with E-state index in [1.807, 2.05) is 11.0 Å². The molecule has 2 aliphatic rings. The molecule has 6 rings (SSSR count). The van der Waals surface area contributed by atoms with Gasteiger partial charge >= 0.3 is 6.18 Å². The molecule has 0 radical (unpaired) electrons. The molecule has 4 aromatic rings. The molecule has 2 aromatic heterocycles. The van der Waals surface area contributed by atoms with Gasteiger partial charge in [-0.2, -0.15) is 13.2 Å². The highest BCUT2D eigenvalue weighted by atomic mass is 19.4. The van der Waals surface area contributed by atoms with Crippen molar-refractivity contribution in [3.05, 3.63) is 92.2 Å². The third-order valence-corrected chi connectivity index (χ3v) is 7.71. The number of phenolic OH excluding ortho intramolecular Hbond substituents is 1. The first-order valence-electron chi connectivity index (χ1n) is 12.6. The first kappa shape index (κ1) is 25.2. The Labute approximate surface area is 220 Å². The highest BCUT2D eigenvalue weighted by Crippen LogP contribution is 2.42. The molecular formula is C29H25F3N2O5. The summed E-state index contributed by atoms with van der Waals surface area (Å²) in [6, 6.07) is 13.8. The monoisotopic (exact) mass is 538 g/mol. The molecule has 1 N–H and O–H groups in total. The van der Waals surface area contributed by atoms with Crippen molar-refractivity contribution in [1.82, 2.24) is 9.47 Å². The van der Waals surface area contributed by atoms with E-state index < -0.39 is 22.9 Å². The lowest BCUT2D eigenvalue weighted by molar-refractivity contribution is -0.152. The zero-order valence-electron chi connectivity index (χ0n) is 21.0. The molecule has 4 heterocycles. The standard InChI is InChI=1S/C29H25F3N2O5/c1-38-23-7-3-2-5-18(23)25-26(37)19-9-10-22(35)20(27(19)39-28(25)29(30,31)32)15-33-12-16-11-17(14-33)21-6-4-8-24(36)34(21)13-16/h2-10,16-17,35H,11-15H2,1H3. The largest absolute Gasteiger partial charge is 0.507 e. The predicted octanol–water partition coefficient (Wildman–Crippen LogP) is 4.97. The molecule has 0 saturated carbocycles. The van der Waals surface area contributed by atoms with Crippen LogP contribution in [0.15, 0.2) is 68.6 Å². The molecule has 39 heavy (non-hydrogen) atoms. The van der Waals surface area contributed by atoms with Crippen molar-refractivity contribution in [2.24, 2.45) is 5.92 Å². The van der Waals surface area contributed by atoms with Crippen LogP contribution in [0, 0.1) is 5.92 Å². The number of nitrogens with zero attached hydrogens (tertiary/aromatic N) is 2. The Kier molecular flexibility index (Phi) is 6.02. The number of rotatable bonds is 4. The molecule has 10 heteroatoms. The Morgan fingerprint density at radius 3 is 2.59 bits per heavy atom. The number of likely N-dealkylation sites (tertiary alicyclic amines) is 1. The van der Waals surface area contributed by atoms with Crippen LogP contribution in [-0.4, -0.2) is 34.8 Å². The predicted molar refractivity (Wildman–Crippen MR) is 138 cm³/mol. The molecule has 0 aliphatic carbocycles. The van der Waals surface area contributed by atoms with E-state index in [4.69, 9.17) is 9.15 Å². The topological polar surface area (TPSA) is 84.9 Å². The maximum absolute atomic E-state index is 14.3. The summed E-state index contributed by atoms with van der Waals surface area (Å²) in [6.45, 7) is 1.77. The molecule has 7 nitrogen and oxygen atoms in total. The van der Waals surface area contributed by atoms with Crippen molar-refractivity contribution >= 4 is 11.0 Å². The lowest BCUT2D eigenvalue weighted by atomic mass is 9.83. The Hall–Kier alpha value is -4.05. The van der Waals surface area contributed by atoms with Crippen molar-refractivity contribution in [2.75, 3.05) is 20.2 Å². The quantitative estimate of drug-likeness (QED) is 0.395. The second-order valence-corrected chi connectivity index (χ2v) is 10.2. The average molecular weight is 539 g/mol. The third-order valence-electron chi connectivity index (χ3n) is 7.71. The van der Waals surface area contributed by atoms with Crippen LogP contribution in [0.2, 0.25) is 0 Å². The number of hydrogen-bond acceptors (Lipinski definition) is 6. The number of phenols is 1. The molecule has 0 amide bonds. The van der Waals surface area contributed by atoms with Gasteiger partial charge in [-0.15, -0.1) is 0 Å². The van der Waals surface area contributed by atoms with Gasteiger partial charge in [0.1, 0.15) is 17.1 Å². The highest BCUT2D eigenvalue weighted by Gasteiger charge is 2.41. The first-order valence-corrected chi connectivity index (χ1v) is 12.6. The number of hydrogen-bond donors (Lipinski definition) is 1. The first-order chi connectivity index (χ1) is 18.7. The van der Waals surface area contributed by atoms with E-state index in [0.29, 0.717) is 19.6 Å². The number of halogens is 3. The minimum Gasteiger partial charge on any atom is -0.507 e. The van der Waals surface area contributed by atoms with Crippen molar-refractivity contribution in [3.8, 4) is 22.6 Å². The molecule has 202 valence electrons. The normalized spacial score (nSPS) is 19.2. The van der Waals surface area contributed by atoms with Crippen LogP contribution in [0.3, 0.4) is 0 Å². The number of pyridine rings is 1. The van der Waals surface area contributed by atoms with Crippen LogP contribution in [0.25, 0.3) is 22.1 Å². The van der Waals surface area contributed by atoms with Gasteiger partial charge in [-0.05, 0) is 36.6 Å². The molecule has 2 atom stereocenters. The van der Waals surface area contributed by atoms with Crippen LogP contribution < -0.4 is 15.7 Å². The summed E-state index contributed by atoms with van der Waals surface area (Å²) in [7, 11) is 1.31. The van der Waals surface area contributed by atoms with Crippen LogP contribution >= 0.6 is 0 Å². The van der Waals surface area contributed by atoms with Crippen molar-refractivity contribution in [3.63, 3.8) is 0 Å². The van der Waals surface area contributed by atoms with E-state index in [1.54, 1.807) is 16.7 Å². The van der Waals surface area contributed by atoms with Gasteiger partial charge in [-0.1, -0.05) is 24.3 Å². The molecule has 1 fully saturated rings. The number of piperidine rings is 1. The minimum atomic E-state index is -4.98. The van der Waals surface area contributed by atoms with Gasteiger partial charge < -0.3 is 18.8 Å². The molecule has 2 unspecified atom stereocenters. The molecule has 0 spiro atoms.